The number of fused-ring (bicyclic) bond motifs is 1. The van der Waals surface area contributed by atoms with Gasteiger partial charge in [0.2, 0.25) is 0 Å². The predicted molar refractivity (Wildman–Crippen MR) is 70.4 cm³/mol. The molecule has 1 aliphatic carbocycles. The molecule has 0 unspecified atom stereocenters. The molecule has 0 atom stereocenters. The molecule has 3 nitrogen and oxygen atoms in total. The van der Waals surface area contributed by atoms with Crippen molar-refractivity contribution in [3.8, 4) is 5.75 Å². The molecule has 1 aliphatic rings. The molecule has 0 spiro atoms. The summed E-state index contributed by atoms with van der Waals surface area (Å²) in [4.78, 5) is 11.4. The van der Waals surface area contributed by atoms with E-state index in [1.165, 1.54) is 0 Å². The van der Waals surface area contributed by atoms with Crippen LogP contribution in [-0.4, -0.2) is 16.2 Å². The molecule has 2 rings (SSSR count). The molecule has 18 heavy (non-hydrogen) atoms. The van der Waals surface area contributed by atoms with Crippen molar-refractivity contribution in [1.29, 1.82) is 0 Å². The largest absolute Gasteiger partial charge is 0.508 e. The highest BCUT2D eigenvalue weighted by Crippen LogP contribution is 2.44. The Morgan fingerprint density at radius 2 is 1.89 bits per heavy atom. The lowest BCUT2D eigenvalue weighted by molar-refractivity contribution is -0.132. The highest BCUT2D eigenvalue weighted by Gasteiger charge is 2.31. The van der Waals surface area contributed by atoms with Gasteiger partial charge in [-0.15, -0.1) is 0 Å². The average Bonchev–Trinajstić information content (AvgIpc) is 2.26. The highest BCUT2D eigenvalue weighted by molar-refractivity contribution is 5.99. The maximum Gasteiger partial charge on any atom is 0.331 e. The number of allylic oxidation sites excluding steroid dienone is 1. The summed E-state index contributed by atoms with van der Waals surface area (Å²) in [6.07, 6.45) is 1.07. The minimum Gasteiger partial charge on any atom is -0.508 e. The molecule has 0 amide bonds. The topological polar surface area (TPSA) is 57.5 Å². The standard InChI is InChI=1S/C15H18O3/c1-15(2,3)13-10-5-4-6-12(16)9(10)7-8-11(13)14(17)18/h4-6,16H,7-8H2,1-3H3,(H,17,18). The molecule has 1 aromatic rings. The molecule has 0 aliphatic heterocycles. The second-order valence-corrected chi connectivity index (χ2v) is 5.71. The van der Waals surface area contributed by atoms with Gasteiger partial charge in [0.1, 0.15) is 5.75 Å². The van der Waals surface area contributed by atoms with Crippen molar-refractivity contribution in [1.82, 2.24) is 0 Å². The molecule has 0 radical (unpaired) electrons. The minimum atomic E-state index is -0.853. The summed E-state index contributed by atoms with van der Waals surface area (Å²) in [5, 5.41) is 19.2. The van der Waals surface area contributed by atoms with Crippen LogP contribution >= 0.6 is 0 Å². The Balaban J connectivity index is 2.74. The lowest BCUT2D eigenvalue weighted by Gasteiger charge is -2.31. The lowest BCUT2D eigenvalue weighted by atomic mass is 9.73. The highest BCUT2D eigenvalue weighted by atomic mass is 16.4. The van der Waals surface area contributed by atoms with E-state index in [0.717, 1.165) is 16.7 Å². The first-order valence-electron chi connectivity index (χ1n) is 6.10. The van der Waals surface area contributed by atoms with Crippen LogP contribution in [0.3, 0.4) is 0 Å². The second-order valence-electron chi connectivity index (χ2n) is 5.71. The van der Waals surface area contributed by atoms with Gasteiger partial charge in [-0.1, -0.05) is 32.9 Å². The Labute approximate surface area is 107 Å². The van der Waals surface area contributed by atoms with Crippen molar-refractivity contribution in [3.63, 3.8) is 0 Å². The van der Waals surface area contributed by atoms with Crippen LogP contribution in [0.25, 0.3) is 5.57 Å². The molecule has 0 saturated carbocycles. The van der Waals surface area contributed by atoms with Crippen molar-refractivity contribution < 1.29 is 15.0 Å². The van der Waals surface area contributed by atoms with Crippen LogP contribution < -0.4 is 0 Å². The molecule has 1 aromatic carbocycles. The van der Waals surface area contributed by atoms with Crippen LogP contribution in [0.2, 0.25) is 0 Å². The number of phenolic OH excluding ortho intramolecular Hbond substituents is 1. The Bertz CT molecular complexity index is 533. The molecule has 96 valence electrons. The van der Waals surface area contributed by atoms with Crippen LogP contribution in [-0.2, 0) is 11.2 Å². The van der Waals surface area contributed by atoms with Gasteiger partial charge in [0, 0.05) is 11.1 Å². The van der Waals surface area contributed by atoms with Gasteiger partial charge in [-0.2, -0.15) is 0 Å². The molecular weight excluding hydrogens is 228 g/mol. The van der Waals surface area contributed by atoms with Gasteiger partial charge in [0.05, 0.1) is 0 Å². The maximum absolute atomic E-state index is 11.4. The SMILES string of the molecule is CC(C)(C)C1=C(C(=O)O)CCc2c(O)cccc21. The maximum atomic E-state index is 11.4. The number of aliphatic carboxylic acids is 1. The number of carboxylic acid groups (broad SMARTS) is 1. The fourth-order valence-corrected chi connectivity index (χ4v) is 2.68. The number of hydrogen-bond acceptors (Lipinski definition) is 2. The molecular formula is C15H18O3. The quantitative estimate of drug-likeness (QED) is 0.799. The van der Waals surface area contributed by atoms with Crippen LogP contribution in [0.15, 0.2) is 23.8 Å². The summed E-state index contributed by atoms with van der Waals surface area (Å²) in [7, 11) is 0. The molecule has 0 aromatic heterocycles. The number of phenols is 1. The van der Waals surface area contributed by atoms with Crippen LogP contribution in [0.1, 0.15) is 38.3 Å². The molecule has 0 fully saturated rings. The lowest BCUT2D eigenvalue weighted by Crippen LogP contribution is -2.20. The minimum absolute atomic E-state index is 0.253. The fraction of sp³-hybridized carbons (Fsp3) is 0.400. The third-order valence-electron chi connectivity index (χ3n) is 3.36. The van der Waals surface area contributed by atoms with Crippen molar-refractivity contribution in [3.05, 3.63) is 34.9 Å². The monoisotopic (exact) mass is 246 g/mol. The Hall–Kier alpha value is -1.77. The van der Waals surface area contributed by atoms with E-state index in [-0.39, 0.29) is 11.2 Å². The van der Waals surface area contributed by atoms with Gasteiger partial charge < -0.3 is 10.2 Å². The fourth-order valence-electron chi connectivity index (χ4n) is 2.68. The summed E-state index contributed by atoms with van der Waals surface area (Å²) in [5.41, 5.74) is 2.81. The van der Waals surface area contributed by atoms with Crippen molar-refractivity contribution in [2.45, 2.75) is 33.6 Å². The van der Waals surface area contributed by atoms with E-state index in [2.05, 4.69) is 0 Å². The third-order valence-corrected chi connectivity index (χ3v) is 3.36. The van der Waals surface area contributed by atoms with E-state index in [0.29, 0.717) is 18.4 Å². The van der Waals surface area contributed by atoms with Crippen LogP contribution in [0.5, 0.6) is 5.75 Å². The summed E-state index contributed by atoms with van der Waals surface area (Å²) in [5.74, 6) is -0.590. The average molecular weight is 246 g/mol. The number of benzene rings is 1. The Kier molecular flexibility index (Phi) is 2.93. The first-order chi connectivity index (χ1) is 8.32. The van der Waals surface area contributed by atoms with E-state index in [9.17, 15) is 15.0 Å². The van der Waals surface area contributed by atoms with Gasteiger partial charge in [-0.25, -0.2) is 4.79 Å². The smallest absolute Gasteiger partial charge is 0.331 e. The van der Waals surface area contributed by atoms with Gasteiger partial charge in [-0.05, 0) is 35.5 Å². The molecule has 3 heteroatoms. The van der Waals surface area contributed by atoms with E-state index in [1.54, 1.807) is 12.1 Å². The second kappa shape index (κ2) is 4.16. The predicted octanol–water partition coefficient (Wildman–Crippen LogP) is 3.22. The van der Waals surface area contributed by atoms with Crippen molar-refractivity contribution in [2.75, 3.05) is 0 Å². The first kappa shape index (κ1) is 12.7. The van der Waals surface area contributed by atoms with Crippen LogP contribution in [0.4, 0.5) is 0 Å². The zero-order valence-corrected chi connectivity index (χ0v) is 10.9. The van der Waals surface area contributed by atoms with Crippen molar-refractivity contribution >= 4 is 11.5 Å². The summed E-state index contributed by atoms with van der Waals surface area (Å²) >= 11 is 0. The third kappa shape index (κ3) is 2.01. The Morgan fingerprint density at radius 1 is 1.22 bits per heavy atom. The van der Waals surface area contributed by atoms with Crippen LogP contribution in [0, 0.1) is 5.41 Å². The normalized spacial score (nSPS) is 15.5. The number of hydrogen-bond donors (Lipinski definition) is 2. The summed E-state index contributed by atoms with van der Waals surface area (Å²) in [6, 6.07) is 5.33. The van der Waals surface area contributed by atoms with E-state index in [1.807, 2.05) is 26.8 Å². The van der Waals surface area contributed by atoms with Crippen molar-refractivity contribution in [2.24, 2.45) is 5.41 Å². The van der Waals surface area contributed by atoms with Gasteiger partial charge in [0.25, 0.3) is 0 Å². The number of carboxylic acids is 1. The van der Waals surface area contributed by atoms with Gasteiger partial charge in [0.15, 0.2) is 0 Å². The number of carbonyl (C=O) groups is 1. The molecule has 0 heterocycles. The molecule has 2 N–H and O–H groups in total. The zero-order valence-electron chi connectivity index (χ0n) is 10.9. The first-order valence-corrected chi connectivity index (χ1v) is 6.10. The molecule has 0 bridgehead atoms. The number of rotatable bonds is 1. The summed E-state index contributed by atoms with van der Waals surface area (Å²) < 4.78 is 0. The van der Waals surface area contributed by atoms with Gasteiger partial charge in [-0.3, -0.25) is 0 Å². The Morgan fingerprint density at radius 3 is 2.44 bits per heavy atom. The van der Waals surface area contributed by atoms with E-state index in [4.69, 9.17) is 0 Å². The zero-order chi connectivity index (χ0) is 13.5. The van der Waals surface area contributed by atoms with E-state index < -0.39 is 5.97 Å². The number of aromatic hydroxyl groups is 1. The van der Waals surface area contributed by atoms with Gasteiger partial charge >= 0.3 is 5.97 Å². The summed E-state index contributed by atoms with van der Waals surface area (Å²) in [6.45, 7) is 6.01. The van der Waals surface area contributed by atoms with E-state index >= 15 is 0 Å². The molecule has 0 saturated heterocycles.